The van der Waals surface area contributed by atoms with Crippen molar-refractivity contribution in [1.29, 1.82) is 0 Å². The van der Waals surface area contributed by atoms with Crippen LogP contribution in [0.1, 0.15) is 19.1 Å². The zero-order valence-corrected chi connectivity index (χ0v) is 15.6. The van der Waals surface area contributed by atoms with Gasteiger partial charge in [-0.05, 0) is 56.5 Å². The third-order valence-electron chi connectivity index (χ3n) is 4.90. The van der Waals surface area contributed by atoms with Gasteiger partial charge < -0.3 is 19.4 Å². The molecule has 1 aromatic carbocycles. The first-order valence-electron chi connectivity index (χ1n) is 8.76. The van der Waals surface area contributed by atoms with E-state index < -0.39 is 12.0 Å². The highest BCUT2D eigenvalue weighted by Gasteiger charge is 2.48. The number of alkyl halides is 2. The lowest BCUT2D eigenvalue weighted by atomic mass is 10.00. The molecular weight excluding hydrogens is 358 g/mol. The Hall–Kier alpha value is -1.73. The van der Waals surface area contributed by atoms with Gasteiger partial charge in [-0.2, -0.15) is 0 Å². The number of fused-ring (bicyclic) bond motifs is 1. The minimum absolute atomic E-state index is 0.147. The van der Waals surface area contributed by atoms with Gasteiger partial charge in [0.1, 0.15) is 29.1 Å². The van der Waals surface area contributed by atoms with E-state index in [2.05, 4.69) is 5.32 Å². The van der Waals surface area contributed by atoms with Gasteiger partial charge >= 0.3 is 0 Å². The van der Waals surface area contributed by atoms with E-state index in [1.165, 1.54) is 0 Å². The Morgan fingerprint density at radius 3 is 3.00 bits per heavy atom. The number of halogens is 2. The van der Waals surface area contributed by atoms with Gasteiger partial charge in [0.05, 0.1) is 12.6 Å². The minimum atomic E-state index is -2.75. The topological polar surface area (TPSA) is 37.6 Å². The predicted molar refractivity (Wildman–Crippen MR) is 99.6 cm³/mol. The van der Waals surface area contributed by atoms with Crippen molar-refractivity contribution >= 4 is 22.7 Å². The van der Waals surface area contributed by atoms with E-state index in [0.717, 1.165) is 28.2 Å². The Bertz CT molecular complexity index is 836. The highest BCUT2D eigenvalue weighted by Crippen LogP contribution is 2.39. The van der Waals surface area contributed by atoms with Crippen molar-refractivity contribution in [3.05, 3.63) is 41.1 Å². The molecule has 2 aliphatic heterocycles. The Balaban J connectivity index is 1.47. The molecule has 140 valence electrons. The summed E-state index contributed by atoms with van der Waals surface area (Å²) in [5.41, 5.74) is 1.70. The maximum absolute atomic E-state index is 14.4. The Kier molecular flexibility index (Phi) is 4.61. The molecule has 0 aliphatic carbocycles. The lowest BCUT2D eigenvalue weighted by molar-refractivity contribution is -0.0902. The summed E-state index contributed by atoms with van der Waals surface area (Å²) in [6.45, 7) is 4.49. The lowest BCUT2D eigenvalue weighted by Gasteiger charge is -2.42. The van der Waals surface area contributed by atoms with E-state index >= 15 is 0 Å². The molecule has 0 radical (unpaired) electrons. The molecule has 1 aromatic heterocycles. The van der Waals surface area contributed by atoms with Crippen LogP contribution in [-0.2, 0) is 0 Å². The van der Waals surface area contributed by atoms with E-state index in [-0.39, 0.29) is 11.9 Å². The van der Waals surface area contributed by atoms with Crippen LogP contribution in [0.3, 0.4) is 0 Å². The van der Waals surface area contributed by atoms with Gasteiger partial charge in [0, 0.05) is 11.1 Å². The Labute approximate surface area is 155 Å². The average Bonchev–Trinajstić information content (AvgIpc) is 3.14. The molecule has 1 fully saturated rings. The fraction of sp³-hybridized carbons (Fsp3) is 0.474. The molecule has 4 rings (SSSR count). The van der Waals surface area contributed by atoms with Crippen molar-refractivity contribution < 1.29 is 17.9 Å². The molecule has 26 heavy (non-hydrogen) atoms. The van der Waals surface area contributed by atoms with E-state index in [9.17, 15) is 8.78 Å². The second-order valence-corrected chi connectivity index (χ2v) is 7.92. The van der Waals surface area contributed by atoms with Crippen LogP contribution in [0.25, 0.3) is 11.0 Å². The van der Waals surface area contributed by atoms with E-state index in [1.54, 1.807) is 11.8 Å². The molecular formula is C19H22F2N2O2S. The fourth-order valence-corrected chi connectivity index (χ4v) is 4.74. The lowest BCUT2D eigenvalue weighted by Crippen LogP contribution is -2.58. The summed E-state index contributed by atoms with van der Waals surface area (Å²) in [4.78, 5) is 1.84. The van der Waals surface area contributed by atoms with Gasteiger partial charge in [-0.1, -0.05) is 0 Å². The number of aryl methyl sites for hydroxylation is 1. The summed E-state index contributed by atoms with van der Waals surface area (Å²) in [5, 5.41) is 5.58. The van der Waals surface area contributed by atoms with E-state index in [1.807, 2.05) is 48.4 Å². The van der Waals surface area contributed by atoms with Gasteiger partial charge in [-0.25, -0.2) is 8.78 Å². The van der Waals surface area contributed by atoms with Gasteiger partial charge in [0.25, 0.3) is 5.92 Å². The molecule has 2 aromatic rings. The summed E-state index contributed by atoms with van der Waals surface area (Å²) >= 11 is 1.55. The molecule has 2 unspecified atom stereocenters. The maximum Gasteiger partial charge on any atom is 0.280 e. The summed E-state index contributed by atoms with van der Waals surface area (Å²) in [6.07, 6.45) is 0.426. The van der Waals surface area contributed by atoms with Crippen LogP contribution in [0, 0.1) is 6.92 Å². The third-order valence-corrected chi connectivity index (χ3v) is 6.05. The minimum Gasteiger partial charge on any atom is -0.490 e. The zero-order chi connectivity index (χ0) is 18.3. The standard InChI is InChI=1S/C19H22F2N2O2S/c1-12-10-26-18(23(12)17-5-6-22-11-19(17,20)21)9-24-15-3-4-16-14(8-15)7-13(2)25-16/h3-4,7-8,10,17-18,22H,5-6,9,11H2,1-2H3. The summed E-state index contributed by atoms with van der Waals surface area (Å²) in [5.74, 6) is -1.17. The Morgan fingerprint density at radius 1 is 1.35 bits per heavy atom. The highest BCUT2D eigenvalue weighted by molar-refractivity contribution is 8.02. The molecule has 7 heteroatoms. The number of ether oxygens (including phenoxy) is 1. The van der Waals surface area contributed by atoms with Crippen LogP contribution in [0.5, 0.6) is 5.75 Å². The van der Waals surface area contributed by atoms with Crippen molar-refractivity contribution in [2.24, 2.45) is 0 Å². The number of thioether (sulfide) groups is 1. The quantitative estimate of drug-likeness (QED) is 0.853. The number of nitrogens with zero attached hydrogens (tertiary/aromatic N) is 1. The average molecular weight is 380 g/mol. The molecule has 1 saturated heterocycles. The van der Waals surface area contributed by atoms with E-state index in [0.29, 0.717) is 19.6 Å². The van der Waals surface area contributed by atoms with E-state index in [4.69, 9.17) is 9.15 Å². The predicted octanol–water partition coefficient (Wildman–Crippen LogP) is 4.35. The number of benzene rings is 1. The van der Waals surface area contributed by atoms with Crippen LogP contribution in [0.4, 0.5) is 8.78 Å². The van der Waals surface area contributed by atoms with Crippen molar-refractivity contribution in [3.63, 3.8) is 0 Å². The molecule has 0 spiro atoms. The number of piperidine rings is 1. The molecule has 3 heterocycles. The SMILES string of the molecule is CC1=CSC(COc2ccc3oc(C)cc3c2)N1C1CCNCC1(F)F. The summed E-state index contributed by atoms with van der Waals surface area (Å²) < 4.78 is 40.3. The molecule has 2 aliphatic rings. The first kappa shape index (κ1) is 17.7. The van der Waals surface area contributed by atoms with Crippen LogP contribution < -0.4 is 10.1 Å². The normalized spacial score (nSPS) is 25.5. The third kappa shape index (κ3) is 3.30. The monoisotopic (exact) mass is 380 g/mol. The number of hydrogen-bond donors (Lipinski definition) is 1. The first-order valence-corrected chi connectivity index (χ1v) is 9.70. The van der Waals surface area contributed by atoms with Crippen molar-refractivity contribution in [1.82, 2.24) is 10.2 Å². The van der Waals surface area contributed by atoms with Crippen molar-refractivity contribution in [2.75, 3.05) is 19.7 Å². The maximum atomic E-state index is 14.4. The summed E-state index contributed by atoms with van der Waals surface area (Å²) in [7, 11) is 0. The molecule has 0 amide bonds. The van der Waals surface area contributed by atoms with Gasteiger partial charge in [-0.3, -0.25) is 0 Å². The number of hydrogen-bond acceptors (Lipinski definition) is 5. The second kappa shape index (κ2) is 6.78. The molecule has 1 N–H and O–H groups in total. The highest BCUT2D eigenvalue weighted by atomic mass is 32.2. The van der Waals surface area contributed by atoms with Gasteiger partial charge in [0.2, 0.25) is 0 Å². The second-order valence-electron chi connectivity index (χ2n) is 6.87. The van der Waals surface area contributed by atoms with Crippen LogP contribution in [0.15, 0.2) is 39.8 Å². The van der Waals surface area contributed by atoms with Gasteiger partial charge in [0.15, 0.2) is 0 Å². The zero-order valence-electron chi connectivity index (χ0n) is 14.8. The fourth-order valence-electron chi connectivity index (χ4n) is 3.67. The number of nitrogens with one attached hydrogen (secondary N) is 1. The van der Waals surface area contributed by atoms with Crippen LogP contribution in [-0.4, -0.2) is 41.9 Å². The summed E-state index contributed by atoms with van der Waals surface area (Å²) in [6, 6.07) is 6.83. The number of rotatable bonds is 4. The number of furan rings is 1. The molecule has 0 bridgehead atoms. The molecule has 2 atom stereocenters. The van der Waals surface area contributed by atoms with Crippen LogP contribution >= 0.6 is 11.8 Å². The van der Waals surface area contributed by atoms with Crippen molar-refractivity contribution in [3.8, 4) is 5.75 Å². The smallest absolute Gasteiger partial charge is 0.280 e. The van der Waals surface area contributed by atoms with Crippen molar-refractivity contribution in [2.45, 2.75) is 37.6 Å². The Morgan fingerprint density at radius 2 is 2.19 bits per heavy atom. The van der Waals surface area contributed by atoms with Crippen LogP contribution in [0.2, 0.25) is 0 Å². The molecule has 0 saturated carbocycles. The van der Waals surface area contributed by atoms with Gasteiger partial charge in [-0.15, -0.1) is 11.8 Å². The molecule has 4 nitrogen and oxygen atoms in total. The number of allylic oxidation sites excluding steroid dienone is 1. The first-order chi connectivity index (χ1) is 12.4. The largest absolute Gasteiger partial charge is 0.490 e.